The molecule has 5 rings (SSSR count). The molecule has 0 atom stereocenters. The van der Waals surface area contributed by atoms with Gasteiger partial charge in [0.2, 0.25) is 5.91 Å². The Morgan fingerprint density at radius 3 is 2.90 bits per heavy atom. The van der Waals surface area contributed by atoms with Crippen molar-refractivity contribution in [2.45, 2.75) is 6.42 Å². The summed E-state index contributed by atoms with van der Waals surface area (Å²) in [7, 11) is 1.99. The van der Waals surface area contributed by atoms with Crippen molar-refractivity contribution in [2.75, 3.05) is 18.5 Å². The number of anilines is 1. The third-order valence-electron chi connectivity index (χ3n) is 4.92. The van der Waals surface area contributed by atoms with Gasteiger partial charge in [0.05, 0.1) is 12.1 Å². The standard InChI is InChI=1S/C22H19N3O3S/c1-25-12-15(16-4-2-3-5-18(16)25)11-21(26)24-22-23-17(13-29-22)14-6-7-19-20(10-14)28-9-8-27-19/h2-7,10,12-13H,8-9,11H2,1H3,(H,23,24,26). The number of hydrogen-bond donors (Lipinski definition) is 1. The van der Waals surface area contributed by atoms with Gasteiger partial charge >= 0.3 is 0 Å². The zero-order chi connectivity index (χ0) is 19.8. The van der Waals surface area contributed by atoms with E-state index in [-0.39, 0.29) is 5.91 Å². The molecule has 2 aromatic heterocycles. The van der Waals surface area contributed by atoms with Gasteiger partial charge in [-0.2, -0.15) is 0 Å². The van der Waals surface area contributed by atoms with Gasteiger partial charge in [0.1, 0.15) is 13.2 Å². The van der Waals surface area contributed by atoms with Gasteiger partial charge in [-0.25, -0.2) is 4.98 Å². The number of nitrogens with zero attached hydrogens (tertiary/aromatic N) is 2. The second-order valence-corrected chi connectivity index (χ2v) is 7.76. The van der Waals surface area contributed by atoms with E-state index >= 15 is 0 Å². The average molecular weight is 405 g/mol. The maximum absolute atomic E-state index is 12.6. The number of benzene rings is 2. The first-order valence-corrected chi connectivity index (χ1v) is 10.2. The molecule has 0 radical (unpaired) electrons. The van der Waals surface area contributed by atoms with Crippen molar-refractivity contribution in [3.63, 3.8) is 0 Å². The number of carbonyl (C=O) groups excluding carboxylic acids is 1. The van der Waals surface area contributed by atoms with Crippen molar-refractivity contribution >= 4 is 33.3 Å². The van der Waals surface area contributed by atoms with Gasteiger partial charge in [-0.1, -0.05) is 18.2 Å². The van der Waals surface area contributed by atoms with Gasteiger partial charge in [-0.3, -0.25) is 4.79 Å². The number of thiazole rings is 1. The Labute approximate surface area is 171 Å². The fourth-order valence-electron chi connectivity index (χ4n) is 3.57. The summed E-state index contributed by atoms with van der Waals surface area (Å²) < 4.78 is 13.2. The lowest BCUT2D eigenvalue weighted by atomic mass is 10.1. The average Bonchev–Trinajstić information content (AvgIpc) is 3.33. The highest BCUT2D eigenvalue weighted by Gasteiger charge is 2.15. The van der Waals surface area contributed by atoms with E-state index in [0.717, 1.165) is 39.2 Å². The van der Waals surface area contributed by atoms with Crippen LogP contribution < -0.4 is 14.8 Å². The summed E-state index contributed by atoms with van der Waals surface area (Å²) in [5, 5.41) is 6.53. The molecule has 0 saturated carbocycles. The van der Waals surface area contributed by atoms with Gasteiger partial charge < -0.3 is 19.4 Å². The van der Waals surface area contributed by atoms with Crippen LogP contribution in [0, 0.1) is 0 Å². The minimum absolute atomic E-state index is 0.0792. The van der Waals surface area contributed by atoms with Crippen molar-refractivity contribution in [2.24, 2.45) is 7.05 Å². The lowest BCUT2D eigenvalue weighted by Crippen LogP contribution is -2.15. The Balaban J connectivity index is 1.31. The normalized spacial score (nSPS) is 12.9. The molecule has 3 heterocycles. The lowest BCUT2D eigenvalue weighted by molar-refractivity contribution is -0.115. The van der Waals surface area contributed by atoms with Gasteiger partial charge in [0.25, 0.3) is 0 Å². The SMILES string of the molecule is Cn1cc(CC(=O)Nc2nc(-c3ccc4c(c3)OCCO4)cs2)c2ccccc21. The zero-order valence-corrected chi connectivity index (χ0v) is 16.7. The summed E-state index contributed by atoms with van der Waals surface area (Å²) in [4.78, 5) is 17.1. The van der Waals surface area contributed by atoms with E-state index in [0.29, 0.717) is 24.8 Å². The van der Waals surface area contributed by atoms with E-state index in [9.17, 15) is 4.79 Å². The second-order valence-electron chi connectivity index (χ2n) is 6.90. The Bertz CT molecular complexity index is 1210. The third kappa shape index (κ3) is 3.45. The van der Waals surface area contributed by atoms with Crippen molar-refractivity contribution in [1.29, 1.82) is 0 Å². The van der Waals surface area contributed by atoms with Crippen LogP contribution in [0.2, 0.25) is 0 Å². The molecule has 1 aliphatic heterocycles. The molecule has 0 aliphatic carbocycles. The van der Waals surface area contributed by atoms with E-state index in [2.05, 4.69) is 16.4 Å². The van der Waals surface area contributed by atoms with Gasteiger partial charge in [0.15, 0.2) is 16.6 Å². The Morgan fingerprint density at radius 2 is 2.00 bits per heavy atom. The summed E-state index contributed by atoms with van der Waals surface area (Å²) in [6.45, 7) is 1.11. The first-order valence-electron chi connectivity index (χ1n) is 9.36. The van der Waals surface area contributed by atoms with Crippen LogP contribution in [-0.2, 0) is 18.3 Å². The number of hydrogen-bond acceptors (Lipinski definition) is 5. The van der Waals surface area contributed by atoms with Crippen molar-refractivity contribution in [3.8, 4) is 22.8 Å². The molecular weight excluding hydrogens is 386 g/mol. The molecule has 2 aromatic carbocycles. The highest BCUT2D eigenvalue weighted by Crippen LogP contribution is 2.35. The summed E-state index contributed by atoms with van der Waals surface area (Å²) in [5.74, 6) is 1.39. The number of carbonyl (C=O) groups is 1. The van der Waals surface area contributed by atoms with Crippen LogP contribution in [0.4, 0.5) is 5.13 Å². The number of aromatic nitrogens is 2. The van der Waals surface area contributed by atoms with Crippen molar-refractivity contribution in [3.05, 3.63) is 59.6 Å². The van der Waals surface area contributed by atoms with E-state index < -0.39 is 0 Å². The van der Waals surface area contributed by atoms with E-state index in [1.807, 2.05) is 59.6 Å². The highest BCUT2D eigenvalue weighted by atomic mass is 32.1. The van der Waals surface area contributed by atoms with Crippen LogP contribution in [0.5, 0.6) is 11.5 Å². The highest BCUT2D eigenvalue weighted by molar-refractivity contribution is 7.14. The van der Waals surface area contributed by atoms with Crippen LogP contribution in [0.15, 0.2) is 54.0 Å². The molecule has 4 aromatic rings. The maximum Gasteiger partial charge on any atom is 0.230 e. The Kier molecular flexibility index (Phi) is 4.44. The van der Waals surface area contributed by atoms with E-state index in [1.165, 1.54) is 11.3 Å². The Hall–Kier alpha value is -3.32. The molecule has 1 N–H and O–H groups in total. The number of fused-ring (bicyclic) bond motifs is 2. The fourth-order valence-corrected chi connectivity index (χ4v) is 4.31. The van der Waals surface area contributed by atoms with Gasteiger partial charge in [-0.05, 0) is 29.8 Å². The second kappa shape index (κ2) is 7.25. The minimum atomic E-state index is -0.0792. The molecule has 6 nitrogen and oxygen atoms in total. The number of aryl methyl sites for hydroxylation is 1. The monoisotopic (exact) mass is 405 g/mol. The molecule has 29 heavy (non-hydrogen) atoms. The van der Waals surface area contributed by atoms with Crippen LogP contribution in [0.25, 0.3) is 22.2 Å². The van der Waals surface area contributed by atoms with Crippen LogP contribution in [0.1, 0.15) is 5.56 Å². The smallest absolute Gasteiger partial charge is 0.230 e. The molecule has 1 aliphatic rings. The Morgan fingerprint density at radius 1 is 1.17 bits per heavy atom. The van der Waals surface area contributed by atoms with Crippen LogP contribution >= 0.6 is 11.3 Å². The topological polar surface area (TPSA) is 65.4 Å². The number of amides is 1. The van der Waals surface area contributed by atoms with E-state index in [1.54, 1.807) is 0 Å². The predicted molar refractivity (Wildman–Crippen MR) is 114 cm³/mol. The summed E-state index contributed by atoms with van der Waals surface area (Å²) >= 11 is 1.41. The molecular formula is C22H19N3O3S. The number of nitrogens with one attached hydrogen (secondary N) is 1. The zero-order valence-electron chi connectivity index (χ0n) is 15.8. The number of rotatable bonds is 4. The molecule has 146 valence electrons. The summed E-state index contributed by atoms with van der Waals surface area (Å²) in [6.07, 6.45) is 2.31. The molecule has 0 fully saturated rings. The van der Waals surface area contributed by atoms with Gasteiger partial charge in [0, 0.05) is 35.1 Å². The van der Waals surface area contributed by atoms with Crippen LogP contribution in [0.3, 0.4) is 0 Å². The number of para-hydroxylation sites is 1. The largest absolute Gasteiger partial charge is 0.486 e. The molecule has 1 amide bonds. The molecule has 7 heteroatoms. The van der Waals surface area contributed by atoms with Crippen molar-refractivity contribution < 1.29 is 14.3 Å². The number of ether oxygens (including phenoxy) is 2. The van der Waals surface area contributed by atoms with E-state index in [4.69, 9.17) is 9.47 Å². The fraction of sp³-hybridized carbons (Fsp3) is 0.182. The molecule has 0 spiro atoms. The summed E-state index contributed by atoms with van der Waals surface area (Å²) in [6, 6.07) is 13.8. The quantitative estimate of drug-likeness (QED) is 0.551. The molecule has 0 unspecified atom stereocenters. The lowest BCUT2D eigenvalue weighted by Gasteiger charge is -2.18. The first kappa shape index (κ1) is 17.8. The van der Waals surface area contributed by atoms with Crippen molar-refractivity contribution in [1.82, 2.24) is 9.55 Å². The molecule has 0 saturated heterocycles. The van der Waals surface area contributed by atoms with Crippen LogP contribution in [-0.4, -0.2) is 28.7 Å². The maximum atomic E-state index is 12.6. The summed E-state index contributed by atoms with van der Waals surface area (Å²) in [5.41, 5.74) is 3.85. The van der Waals surface area contributed by atoms with Gasteiger partial charge in [-0.15, -0.1) is 11.3 Å². The minimum Gasteiger partial charge on any atom is -0.486 e. The predicted octanol–water partition coefficient (Wildman–Crippen LogP) is 4.25. The first-order chi connectivity index (χ1) is 14.2. The molecule has 0 bridgehead atoms. The third-order valence-corrected chi connectivity index (χ3v) is 5.68.